The Morgan fingerprint density at radius 2 is 1.92 bits per heavy atom. The van der Waals surface area contributed by atoms with Crippen molar-refractivity contribution in [2.45, 2.75) is 13.3 Å². The Bertz CT molecular complexity index is 874. The molecular formula is C20H19N3O. The molecule has 1 heterocycles. The van der Waals surface area contributed by atoms with Gasteiger partial charge in [0.2, 0.25) is 0 Å². The third kappa shape index (κ3) is 2.99. The van der Waals surface area contributed by atoms with Gasteiger partial charge in [0.15, 0.2) is 12.1 Å². The third-order valence-corrected chi connectivity index (χ3v) is 3.98. The van der Waals surface area contributed by atoms with Crippen molar-refractivity contribution in [2.24, 2.45) is 0 Å². The summed E-state index contributed by atoms with van der Waals surface area (Å²) in [6.07, 6.45) is 3.44. The quantitative estimate of drug-likeness (QED) is 0.682. The number of carbonyl (C=O) groups is 1. The highest BCUT2D eigenvalue weighted by Gasteiger charge is 2.13. The lowest BCUT2D eigenvalue weighted by atomic mass is 9.92. The Balaban J connectivity index is 2.15. The van der Waals surface area contributed by atoms with Gasteiger partial charge in [-0.3, -0.25) is 4.79 Å². The highest BCUT2D eigenvalue weighted by atomic mass is 16.1. The molecule has 0 aliphatic rings. The molecule has 0 saturated heterocycles. The van der Waals surface area contributed by atoms with E-state index in [9.17, 15) is 4.79 Å². The number of nitrogens with two attached hydrogens (primary N) is 1. The summed E-state index contributed by atoms with van der Waals surface area (Å²) >= 11 is 0. The number of benzene rings is 2. The van der Waals surface area contributed by atoms with Gasteiger partial charge in [-0.15, -0.1) is 0 Å². The predicted octanol–water partition coefficient (Wildman–Crippen LogP) is 4.45. The lowest BCUT2D eigenvalue weighted by molar-refractivity contribution is 0.112. The molecule has 0 radical (unpaired) electrons. The summed E-state index contributed by atoms with van der Waals surface area (Å²) in [5, 5.41) is 3.29. The smallest absolute Gasteiger partial charge is 0.153 e. The fourth-order valence-electron chi connectivity index (χ4n) is 2.80. The van der Waals surface area contributed by atoms with E-state index in [1.807, 2.05) is 42.5 Å². The molecule has 0 spiro atoms. The molecule has 1 aromatic heterocycles. The van der Waals surface area contributed by atoms with E-state index in [1.54, 1.807) is 18.3 Å². The van der Waals surface area contributed by atoms with Crippen LogP contribution < -0.4 is 11.1 Å². The summed E-state index contributed by atoms with van der Waals surface area (Å²) in [7, 11) is 0. The van der Waals surface area contributed by atoms with E-state index in [0.717, 1.165) is 35.1 Å². The number of anilines is 3. The van der Waals surface area contributed by atoms with E-state index in [-0.39, 0.29) is 0 Å². The Morgan fingerprint density at radius 1 is 1.08 bits per heavy atom. The molecule has 3 N–H and O–H groups in total. The molecule has 4 nitrogen and oxygen atoms in total. The van der Waals surface area contributed by atoms with Crippen LogP contribution >= 0.6 is 0 Å². The predicted molar refractivity (Wildman–Crippen MR) is 98.6 cm³/mol. The van der Waals surface area contributed by atoms with Gasteiger partial charge < -0.3 is 11.1 Å². The van der Waals surface area contributed by atoms with Crippen molar-refractivity contribution in [3.05, 3.63) is 71.9 Å². The molecule has 0 unspecified atom stereocenters. The topological polar surface area (TPSA) is 68.0 Å². The fourth-order valence-corrected chi connectivity index (χ4v) is 2.80. The van der Waals surface area contributed by atoms with Crippen molar-refractivity contribution in [3.63, 3.8) is 0 Å². The van der Waals surface area contributed by atoms with Crippen molar-refractivity contribution in [1.29, 1.82) is 0 Å². The minimum absolute atomic E-state index is 0.576. The summed E-state index contributed by atoms with van der Waals surface area (Å²) in [4.78, 5) is 15.8. The van der Waals surface area contributed by atoms with Crippen LogP contribution in [0.1, 0.15) is 22.8 Å². The first kappa shape index (κ1) is 15.7. The lowest BCUT2D eigenvalue weighted by Gasteiger charge is -2.16. The highest BCUT2D eigenvalue weighted by molar-refractivity contribution is 5.94. The number of para-hydroxylation sites is 1. The minimum atomic E-state index is 0.576. The monoisotopic (exact) mass is 317 g/mol. The first-order valence-electron chi connectivity index (χ1n) is 7.88. The first-order chi connectivity index (χ1) is 11.7. The highest BCUT2D eigenvalue weighted by Crippen LogP contribution is 2.35. The van der Waals surface area contributed by atoms with Gasteiger partial charge in [0.1, 0.15) is 0 Å². The molecule has 120 valence electrons. The normalized spacial score (nSPS) is 10.4. The van der Waals surface area contributed by atoms with Crippen LogP contribution in [0.2, 0.25) is 0 Å². The molecule has 2 aromatic carbocycles. The Morgan fingerprint density at radius 3 is 2.67 bits per heavy atom. The Hall–Kier alpha value is -3.14. The summed E-state index contributed by atoms with van der Waals surface area (Å²) in [6, 6.07) is 17.3. The second kappa shape index (κ2) is 6.96. The van der Waals surface area contributed by atoms with Crippen LogP contribution in [0.5, 0.6) is 0 Å². The minimum Gasteiger partial charge on any atom is -0.396 e. The molecule has 0 atom stereocenters. The largest absolute Gasteiger partial charge is 0.396 e. The van der Waals surface area contributed by atoms with Crippen molar-refractivity contribution < 1.29 is 4.79 Å². The average molecular weight is 317 g/mol. The molecule has 0 fully saturated rings. The zero-order valence-electron chi connectivity index (χ0n) is 13.5. The fraction of sp³-hybridized carbons (Fsp3) is 0.100. The summed E-state index contributed by atoms with van der Waals surface area (Å²) < 4.78 is 0. The van der Waals surface area contributed by atoms with E-state index in [4.69, 9.17) is 5.73 Å². The van der Waals surface area contributed by atoms with Crippen molar-refractivity contribution in [3.8, 4) is 11.1 Å². The van der Waals surface area contributed by atoms with Gasteiger partial charge in [0.05, 0.1) is 5.69 Å². The summed E-state index contributed by atoms with van der Waals surface area (Å²) in [5.41, 5.74) is 11.1. The van der Waals surface area contributed by atoms with Crippen LogP contribution in [0.3, 0.4) is 0 Å². The molecular weight excluding hydrogens is 298 g/mol. The molecule has 0 aliphatic heterocycles. The number of carbonyl (C=O) groups excluding carboxylic acids is 1. The number of aryl methyl sites for hydroxylation is 1. The standard InChI is InChI=1S/C20H19N3O/c1-2-14-7-5-8-15(13-24)19(14)16-9-3-4-11-18(16)23-20-17(21)10-6-12-22-20/h3-13H,2,21H2,1H3,(H,22,23). The van der Waals surface area contributed by atoms with Gasteiger partial charge in [0.25, 0.3) is 0 Å². The van der Waals surface area contributed by atoms with Crippen LogP contribution in [0.4, 0.5) is 17.2 Å². The van der Waals surface area contributed by atoms with E-state index in [1.165, 1.54) is 0 Å². The molecule has 0 amide bonds. The zero-order chi connectivity index (χ0) is 16.9. The second-order valence-electron chi connectivity index (χ2n) is 5.46. The van der Waals surface area contributed by atoms with E-state index >= 15 is 0 Å². The van der Waals surface area contributed by atoms with E-state index in [0.29, 0.717) is 17.1 Å². The van der Waals surface area contributed by atoms with E-state index < -0.39 is 0 Å². The van der Waals surface area contributed by atoms with Crippen molar-refractivity contribution in [2.75, 3.05) is 11.1 Å². The molecule has 0 aliphatic carbocycles. The molecule has 0 bridgehead atoms. The van der Waals surface area contributed by atoms with Crippen LogP contribution in [-0.2, 0) is 6.42 Å². The van der Waals surface area contributed by atoms with Crippen LogP contribution in [0.15, 0.2) is 60.8 Å². The number of hydrogen-bond donors (Lipinski definition) is 2. The Labute approximate surface area is 141 Å². The first-order valence-corrected chi connectivity index (χ1v) is 7.88. The van der Waals surface area contributed by atoms with Gasteiger partial charge in [0, 0.05) is 23.0 Å². The zero-order valence-corrected chi connectivity index (χ0v) is 13.5. The van der Waals surface area contributed by atoms with Gasteiger partial charge in [-0.2, -0.15) is 0 Å². The molecule has 24 heavy (non-hydrogen) atoms. The van der Waals surface area contributed by atoms with Gasteiger partial charge in [-0.05, 0) is 35.7 Å². The number of pyridine rings is 1. The number of nitrogens with zero attached hydrogens (tertiary/aromatic N) is 1. The van der Waals surface area contributed by atoms with Crippen molar-refractivity contribution >= 4 is 23.5 Å². The van der Waals surface area contributed by atoms with Gasteiger partial charge in [-0.1, -0.05) is 43.3 Å². The Kier molecular flexibility index (Phi) is 4.57. The summed E-state index contributed by atoms with van der Waals surface area (Å²) in [5.74, 6) is 0.603. The molecule has 3 aromatic rings. The van der Waals surface area contributed by atoms with E-state index in [2.05, 4.69) is 17.2 Å². The van der Waals surface area contributed by atoms with Crippen molar-refractivity contribution in [1.82, 2.24) is 4.98 Å². The molecule has 3 rings (SSSR count). The summed E-state index contributed by atoms with van der Waals surface area (Å²) in [6.45, 7) is 2.08. The number of nitrogen functional groups attached to an aromatic ring is 1. The number of hydrogen-bond acceptors (Lipinski definition) is 4. The average Bonchev–Trinajstić information content (AvgIpc) is 2.63. The number of nitrogens with one attached hydrogen (secondary N) is 1. The van der Waals surface area contributed by atoms with Gasteiger partial charge >= 0.3 is 0 Å². The number of aldehydes is 1. The second-order valence-corrected chi connectivity index (χ2v) is 5.46. The van der Waals surface area contributed by atoms with Crippen LogP contribution in [-0.4, -0.2) is 11.3 Å². The third-order valence-electron chi connectivity index (χ3n) is 3.98. The molecule has 4 heteroatoms. The molecule has 0 saturated carbocycles. The SMILES string of the molecule is CCc1cccc(C=O)c1-c1ccccc1Nc1ncccc1N. The van der Waals surface area contributed by atoms with Gasteiger partial charge in [-0.25, -0.2) is 4.98 Å². The number of rotatable bonds is 5. The number of aromatic nitrogens is 1. The van der Waals surface area contributed by atoms with Crippen LogP contribution in [0.25, 0.3) is 11.1 Å². The maximum Gasteiger partial charge on any atom is 0.153 e. The van der Waals surface area contributed by atoms with Crippen LogP contribution in [0, 0.1) is 0 Å². The maximum atomic E-state index is 11.5. The lowest BCUT2D eigenvalue weighted by Crippen LogP contribution is -2.02. The maximum absolute atomic E-state index is 11.5.